The van der Waals surface area contributed by atoms with Crippen LogP contribution < -0.4 is 0 Å². The van der Waals surface area contributed by atoms with E-state index in [1.165, 1.54) is 22.6 Å². The zero-order chi connectivity index (χ0) is 16.6. The highest BCUT2D eigenvalue weighted by molar-refractivity contribution is 5.77. The molecule has 23 heavy (non-hydrogen) atoms. The van der Waals surface area contributed by atoms with Crippen LogP contribution in [0.5, 0.6) is 0 Å². The predicted octanol–water partition coefficient (Wildman–Crippen LogP) is 1.82. The Morgan fingerprint density at radius 2 is 2.04 bits per heavy atom. The first-order chi connectivity index (χ1) is 10.9. The first kappa shape index (κ1) is 15.2. The van der Waals surface area contributed by atoms with Crippen LogP contribution in [0, 0.1) is 24.0 Å². The standard InChI is InChI=1S/C15H17N5O3/c1-10-3-14-15(4-11(10)2)18(9-16-14)7-13(21)8-19-6-12(5-17-19)20(22)23/h3-6,9,13,21H,7-8H2,1-2H3. The Hall–Kier alpha value is -2.74. The van der Waals surface area contributed by atoms with Gasteiger partial charge in [-0.3, -0.25) is 14.8 Å². The summed E-state index contributed by atoms with van der Waals surface area (Å²) in [7, 11) is 0. The number of benzene rings is 1. The van der Waals surface area contributed by atoms with Crippen LogP contribution in [-0.4, -0.2) is 35.5 Å². The van der Waals surface area contributed by atoms with Crippen molar-refractivity contribution >= 4 is 16.7 Å². The fourth-order valence-corrected chi connectivity index (χ4v) is 2.51. The number of nitro groups is 1. The molecule has 0 bridgehead atoms. The summed E-state index contributed by atoms with van der Waals surface area (Å²) in [6, 6.07) is 4.06. The number of aliphatic hydroxyl groups excluding tert-OH is 1. The van der Waals surface area contributed by atoms with E-state index in [4.69, 9.17) is 0 Å². The van der Waals surface area contributed by atoms with E-state index >= 15 is 0 Å². The van der Waals surface area contributed by atoms with Crippen molar-refractivity contribution in [3.63, 3.8) is 0 Å². The minimum atomic E-state index is -0.728. The zero-order valence-corrected chi connectivity index (χ0v) is 12.9. The summed E-state index contributed by atoms with van der Waals surface area (Å²) in [5, 5.41) is 24.8. The van der Waals surface area contributed by atoms with E-state index in [-0.39, 0.29) is 12.2 Å². The van der Waals surface area contributed by atoms with Crippen molar-refractivity contribution in [3.8, 4) is 0 Å². The van der Waals surface area contributed by atoms with Crippen molar-refractivity contribution in [1.82, 2.24) is 19.3 Å². The highest BCUT2D eigenvalue weighted by Crippen LogP contribution is 2.19. The van der Waals surface area contributed by atoms with Gasteiger partial charge in [-0.15, -0.1) is 0 Å². The molecule has 3 aromatic rings. The van der Waals surface area contributed by atoms with Gasteiger partial charge in [0.2, 0.25) is 0 Å². The van der Waals surface area contributed by atoms with Gasteiger partial charge in [0.25, 0.3) is 0 Å². The summed E-state index contributed by atoms with van der Waals surface area (Å²) in [4.78, 5) is 14.5. The molecule has 2 heterocycles. The van der Waals surface area contributed by atoms with E-state index in [2.05, 4.69) is 10.1 Å². The molecule has 0 saturated heterocycles. The maximum absolute atomic E-state index is 10.6. The third-order valence-corrected chi connectivity index (χ3v) is 3.87. The topological polar surface area (TPSA) is 99.0 Å². The van der Waals surface area contributed by atoms with Crippen molar-refractivity contribution < 1.29 is 10.0 Å². The van der Waals surface area contributed by atoms with Crippen molar-refractivity contribution in [2.24, 2.45) is 0 Å². The predicted molar refractivity (Wildman–Crippen MR) is 84.1 cm³/mol. The molecule has 0 fully saturated rings. The number of aromatic nitrogens is 4. The third-order valence-electron chi connectivity index (χ3n) is 3.87. The number of rotatable bonds is 5. The Morgan fingerprint density at radius 3 is 2.74 bits per heavy atom. The number of imidazole rings is 1. The van der Waals surface area contributed by atoms with Crippen molar-refractivity contribution in [3.05, 3.63) is 52.1 Å². The van der Waals surface area contributed by atoms with Crippen LogP contribution in [0.15, 0.2) is 30.9 Å². The molecule has 1 N–H and O–H groups in total. The van der Waals surface area contributed by atoms with Crippen LogP contribution >= 0.6 is 0 Å². The zero-order valence-electron chi connectivity index (χ0n) is 12.9. The Balaban J connectivity index is 1.75. The van der Waals surface area contributed by atoms with Gasteiger partial charge >= 0.3 is 5.69 Å². The molecular formula is C15H17N5O3. The molecule has 8 heteroatoms. The summed E-state index contributed by atoms with van der Waals surface area (Å²) in [6.45, 7) is 4.59. The van der Waals surface area contributed by atoms with Gasteiger partial charge in [0, 0.05) is 0 Å². The van der Waals surface area contributed by atoms with Crippen molar-refractivity contribution in [1.29, 1.82) is 0 Å². The molecular weight excluding hydrogens is 298 g/mol. The lowest BCUT2D eigenvalue weighted by Crippen LogP contribution is -2.22. The monoisotopic (exact) mass is 315 g/mol. The summed E-state index contributed by atoms with van der Waals surface area (Å²) >= 11 is 0. The van der Waals surface area contributed by atoms with Gasteiger partial charge in [-0.2, -0.15) is 5.10 Å². The number of aryl methyl sites for hydroxylation is 2. The second-order valence-corrected chi connectivity index (χ2v) is 5.65. The molecule has 0 saturated carbocycles. The molecule has 0 aliphatic heterocycles. The van der Waals surface area contributed by atoms with Gasteiger partial charge < -0.3 is 9.67 Å². The third kappa shape index (κ3) is 3.07. The van der Waals surface area contributed by atoms with Crippen LogP contribution in [0.1, 0.15) is 11.1 Å². The first-order valence-electron chi connectivity index (χ1n) is 7.21. The Bertz CT molecular complexity index is 867. The van der Waals surface area contributed by atoms with E-state index in [0.717, 1.165) is 16.6 Å². The number of aliphatic hydroxyl groups is 1. The molecule has 0 radical (unpaired) electrons. The molecule has 0 amide bonds. The molecule has 3 rings (SSSR count). The fourth-order valence-electron chi connectivity index (χ4n) is 2.51. The highest BCUT2D eigenvalue weighted by Gasteiger charge is 2.14. The quantitative estimate of drug-likeness (QED) is 0.572. The van der Waals surface area contributed by atoms with Gasteiger partial charge in [-0.25, -0.2) is 4.98 Å². The second-order valence-electron chi connectivity index (χ2n) is 5.65. The smallest absolute Gasteiger partial charge is 0.306 e. The number of hydrogen-bond donors (Lipinski definition) is 1. The van der Waals surface area contributed by atoms with Gasteiger partial charge in [0.1, 0.15) is 12.4 Å². The van der Waals surface area contributed by atoms with E-state index in [1.807, 2.05) is 30.5 Å². The molecule has 1 aromatic carbocycles. The van der Waals surface area contributed by atoms with Gasteiger partial charge in [-0.1, -0.05) is 0 Å². The van der Waals surface area contributed by atoms with E-state index in [0.29, 0.717) is 6.54 Å². The highest BCUT2D eigenvalue weighted by atomic mass is 16.6. The number of hydrogen-bond acceptors (Lipinski definition) is 5. The average molecular weight is 315 g/mol. The fraction of sp³-hybridized carbons (Fsp3) is 0.333. The minimum absolute atomic E-state index is 0.0867. The minimum Gasteiger partial charge on any atom is -0.389 e. The number of nitrogens with zero attached hydrogens (tertiary/aromatic N) is 5. The SMILES string of the molecule is Cc1cc2ncn(CC(O)Cn3cc([N+](=O)[O-])cn3)c2cc1C. The summed E-state index contributed by atoms with van der Waals surface area (Å²) < 4.78 is 3.25. The van der Waals surface area contributed by atoms with Crippen LogP contribution in [-0.2, 0) is 13.1 Å². The molecule has 2 aromatic heterocycles. The Morgan fingerprint density at radius 1 is 1.30 bits per heavy atom. The van der Waals surface area contributed by atoms with Crippen LogP contribution in [0.3, 0.4) is 0 Å². The lowest BCUT2D eigenvalue weighted by atomic mass is 10.1. The molecule has 1 atom stereocenters. The molecule has 0 spiro atoms. The summed E-state index contributed by atoms with van der Waals surface area (Å²) in [5.41, 5.74) is 4.09. The van der Waals surface area contributed by atoms with Crippen LogP contribution in [0.4, 0.5) is 5.69 Å². The van der Waals surface area contributed by atoms with Gasteiger partial charge in [0.15, 0.2) is 0 Å². The lowest BCUT2D eigenvalue weighted by molar-refractivity contribution is -0.385. The normalized spacial score (nSPS) is 12.7. The summed E-state index contributed by atoms with van der Waals surface area (Å²) in [5.74, 6) is 0. The van der Waals surface area contributed by atoms with Crippen LogP contribution in [0.2, 0.25) is 0 Å². The maximum atomic E-state index is 10.6. The average Bonchev–Trinajstić information content (AvgIpc) is 3.08. The van der Waals surface area contributed by atoms with E-state index in [1.54, 1.807) is 6.33 Å². The van der Waals surface area contributed by atoms with Gasteiger partial charge in [0.05, 0.1) is 41.5 Å². The molecule has 120 valence electrons. The Kier molecular flexibility index (Phi) is 3.83. The van der Waals surface area contributed by atoms with Gasteiger partial charge in [-0.05, 0) is 37.1 Å². The lowest BCUT2D eigenvalue weighted by Gasteiger charge is -2.12. The molecule has 1 unspecified atom stereocenters. The van der Waals surface area contributed by atoms with E-state index < -0.39 is 11.0 Å². The largest absolute Gasteiger partial charge is 0.389 e. The second kappa shape index (κ2) is 5.81. The first-order valence-corrected chi connectivity index (χ1v) is 7.21. The maximum Gasteiger partial charge on any atom is 0.306 e. The molecule has 0 aliphatic rings. The molecule has 0 aliphatic carbocycles. The Labute approximate surface area is 132 Å². The molecule has 8 nitrogen and oxygen atoms in total. The van der Waals surface area contributed by atoms with E-state index in [9.17, 15) is 15.2 Å². The van der Waals surface area contributed by atoms with Crippen LogP contribution in [0.25, 0.3) is 11.0 Å². The number of fused-ring (bicyclic) bond motifs is 1. The summed E-state index contributed by atoms with van der Waals surface area (Å²) in [6.07, 6.45) is 3.44. The van der Waals surface area contributed by atoms with Crippen molar-refractivity contribution in [2.75, 3.05) is 0 Å². The van der Waals surface area contributed by atoms with Crippen molar-refractivity contribution in [2.45, 2.75) is 33.0 Å².